The average Bonchev–Trinajstić information content (AvgIpc) is 3.00. The predicted molar refractivity (Wildman–Crippen MR) is 86.2 cm³/mol. The minimum Gasteiger partial charge on any atom is -0.493 e. The topological polar surface area (TPSA) is 60.5 Å². The Bertz CT molecular complexity index is 704. The van der Waals surface area contributed by atoms with E-state index in [0.29, 0.717) is 17.2 Å². The first-order valence-electron chi connectivity index (χ1n) is 6.55. The average molecular weight is 316 g/mol. The van der Waals surface area contributed by atoms with E-state index in [9.17, 15) is 4.79 Å². The van der Waals surface area contributed by atoms with E-state index in [-0.39, 0.29) is 18.9 Å². The lowest BCUT2D eigenvalue weighted by molar-refractivity contribution is -0.120. The number of methoxy groups -OCH3 is 2. The third-order valence-electron chi connectivity index (χ3n) is 2.91. The summed E-state index contributed by atoms with van der Waals surface area (Å²) in [5, 5.41) is 5.30. The zero-order valence-electron chi connectivity index (χ0n) is 12.4. The van der Waals surface area contributed by atoms with Gasteiger partial charge in [-0.25, -0.2) is 4.98 Å². The van der Waals surface area contributed by atoms with Gasteiger partial charge in [0.05, 0.1) is 32.9 Å². The molecular weight excluding hydrogens is 300 g/mol. The number of carbonyl (C=O) groups excluding carboxylic acids is 1. The highest BCUT2D eigenvalue weighted by Gasteiger charge is 2.11. The van der Waals surface area contributed by atoms with E-state index in [1.807, 2.05) is 23.6 Å². The van der Waals surface area contributed by atoms with Crippen LogP contribution in [0.1, 0.15) is 5.69 Å². The number of nitrogens with zero attached hydrogens (tertiary/aromatic N) is 1. The largest absolute Gasteiger partial charge is 0.493 e. The minimum atomic E-state index is -0.137. The molecule has 0 saturated heterocycles. The number of aromatic nitrogens is 1. The molecule has 2 rings (SSSR count). The smallest absolute Gasteiger partial charge is 0.226 e. The van der Waals surface area contributed by atoms with Gasteiger partial charge in [0.15, 0.2) is 11.5 Å². The standard InChI is InChI=1S/C16H16N2O3S/c1-4-7-17-15(19)9-12-10-22-16(18-12)11-5-6-13(20-2)14(8-11)21-3/h1,5-6,8,10H,7,9H2,2-3H3,(H,17,19). The summed E-state index contributed by atoms with van der Waals surface area (Å²) in [5.41, 5.74) is 1.63. The molecule has 114 valence electrons. The Kier molecular flexibility index (Phi) is 5.39. The van der Waals surface area contributed by atoms with Crippen molar-refractivity contribution in [3.8, 4) is 34.4 Å². The molecule has 0 unspecified atom stereocenters. The molecule has 1 aromatic heterocycles. The van der Waals surface area contributed by atoms with Crippen LogP contribution in [0.5, 0.6) is 11.5 Å². The van der Waals surface area contributed by atoms with Crippen LogP contribution in [0.25, 0.3) is 10.6 Å². The maximum atomic E-state index is 11.6. The Hall–Kier alpha value is -2.52. The second kappa shape index (κ2) is 7.48. The molecule has 1 amide bonds. The highest BCUT2D eigenvalue weighted by molar-refractivity contribution is 7.13. The molecule has 1 aromatic carbocycles. The van der Waals surface area contributed by atoms with E-state index >= 15 is 0 Å². The molecule has 0 spiro atoms. The maximum absolute atomic E-state index is 11.6. The van der Waals surface area contributed by atoms with Gasteiger partial charge in [-0.3, -0.25) is 4.79 Å². The fraction of sp³-hybridized carbons (Fsp3) is 0.250. The molecule has 1 N–H and O–H groups in total. The number of hydrogen-bond acceptors (Lipinski definition) is 5. The Morgan fingerprint density at radius 3 is 2.82 bits per heavy atom. The number of ether oxygens (including phenoxy) is 2. The van der Waals surface area contributed by atoms with Gasteiger partial charge in [-0.1, -0.05) is 5.92 Å². The summed E-state index contributed by atoms with van der Waals surface area (Å²) < 4.78 is 10.5. The van der Waals surface area contributed by atoms with Gasteiger partial charge in [-0.2, -0.15) is 0 Å². The Balaban J connectivity index is 2.14. The molecule has 0 radical (unpaired) electrons. The number of thiazole rings is 1. The molecule has 5 nitrogen and oxygen atoms in total. The monoisotopic (exact) mass is 316 g/mol. The van der Waals surface area contributed by atoms with Gasteiger partial charge in [0.2, 0.25) is 5.91 Å². The molecule has 0 bridgehead atoms. The van der Waals surface area contributed by atoms with Crippen LogP contribution in [-0.4, -0.2) is 31.7 Å². The molecule has 2 aromatic rings. The number of hydrogen-bond donors (Lipinski definition) is 1. The molecule has 0 saturated carbocycles. The minimum absolute atomic E-state index is 0.137. The van der Waals surface area contributed by atoms with Gasteiger partial charge in [0, 0.05) is 10.9 Å². The summed E-state index contributed by atoms with van der Waals surface area (Å²) in [6, 6.07) is 5.59. The van der Waals surface area contributed by atoms with E-state index in [2.05, 4.69) is 16.2 Å². The Labute approximate surface area is 133 Å². The van der Waals surface area contributed by atoms with Gasteiger partial charge in [-0.15, -0.1) is 17.8 Å². The van der Waals surface area contributed by atoms with Crippen LogP contribution < -0.4 is 14.8 Å². The summed E-state index contributed by atoms with van der Waals surface area (Å²) >= 11 is 1.47. The number of carbonyl (C=O) groups is 1. The normalized spacial score (nSPS) is 9.86. The first-order valence-corrected chi connectivity index (χ1v) is 7.43. The third-order valence-corrected chi connectivity index (χ3v) is 3.85. The molecule has 0 atom stereocenters. The van der Waals surface area contributed by atoms with Crippen molar-refractivity contribution in [3.05, 3.63) is 29.3 Å². The highest BCUT2D eigenvalue weighted by atomic mass is 32.1. The van der Waals surface area contributed by atoms with Gasteiger partial charge < -0.3 is 14.8 Å². The summed E-state index contributed by atoms with van der Waals surface area (Å²) in [4.78, 5) is 16.1. The van der Waals surface area contributed by atoms with Crippen LogP contribution in [0.4, 0.5) is 0 Å². The van der Waals surface area contributed by atoms with E-state index in [0.717, 1.165) is 10.6 Å². The summed E-state index contributed by atoms with van der Waals surface area (Å²) in [5.74, 6) is 3.53. The zero-order chi connectivity index (χ0) is 15.9. The lowest BCUT2D eigenvalue weighted by Gasteiger charge is -2.08. The molecular formula is C16H16N2O3S. The summed E-state index contributed by atoms with van der Waals surface area (Å²) in [6.07, 6.45) is 5.31. The van der Waals surface area contributed by atoms with Crippen molar-refractivity contribution < 1.29 is 14.3 Å². The molecule has 0 aliphatic heterocycles. The van der Waals surface area contributed by atoms with Crippen LogP contribution in [-0.2, 0) is 11.2 Å². The van der Waals surface area contributed by atoms with Crippen molar-refractivity contribution in [3.63, 3.8) is 0 Å². The number of rotatable bonds is 6. The van der Waals surface area contributed by atoms with Crippen LogP contribution in [0.3, 0.4) is 0 Å². The molecule has 22 heavy (non-hydrogen) atoms. The first-order chi connectivity index (χ1) is 10.7. The van der Waals surface area contributed by atoms with E-state index in [4.69, 9.17) is 15.9 Å². The fourth-order valence-electron chi connectivity index (χ4n) is 1.87. The highest BCUT2D eigenvalue weighted by Crippen LogP contribution is 2.33. The van der Waals surface area contributed by atoms with Crippen molar-refractivity contribution in [2.75, 3.05) is 20.8 Å². The summed E-state index contributed by atoms with van der Waals surface area (Å²) in [7, 11) is 3.18. The summed E-state index contributed by atoms with van der Waals surface area (Å²) in [6.45, 7) is 0.228. The van der Waals surface area contributed by atoms with Crippen LogP contribution in [0, 0.1) is 12.3 Å². The molecule has 6 heteroatoms. The first kappa shape index (κ1) is 15.9. The van der Waals surface area contributed by atoms with E-state index < -0.39 is 0 Å². The van der Waals surface area contributed by atoms with Crippen LogP contribution >= 0.6 is 11.3 Å². The van der Waals surface area contributed by atoms with Crippen molar-refractivity contribution in [1.82, 2.24) is 10.3 Å². The van der Waals surface area contributed by atoms with Crippen molar-refractivity contribution in [1.29, 1.82) is 0 Å². The fourth-order valence-corrected chi connectivity index (χ4v) is 2.68. The van der Waals surface area contributed by atoms with Crippen LogP contribution in [0.2, 0.25) is 0 Å². The van der Waals surface area contributed by atoms with Crippen molar-refractivity contribution in [2.24, 2.45) is 0 Å². The van der Waals surface area contributed by atoms with Crippen molar-refractivity contribution in [2.45, 2.75) is 6.42 Å². The van der Waals surface area contributed by atoms with Gasteiger partial charge >= 0.3 is 0 Å². The van der Waals surface area contributed by atoms with Crippen LogP contribution in [0.15, 0.2) is 23.6 Å². The van der Waals surface area contributed by atoms with Gasteiger partial charge in [0.25, 0.3) is 0 Å². The van der Waals surface area contributed by atoms with Gasteiger partial charge in [0.1, 0.15) is 5.01 Å². The van der Waals surface area contributed by atoms with Crippen molar-refractivity contribution >= 4 is 17.2 Å². The predicted octanol–water partition coefficient (Wildman–Crippen LogP) is 2.12. The SMILES string of the molecule is C#CCNC(=O)Cc1csc(-c2ccc(OC)c(OC)c2)n1. The lowest BCUT2D eigenvalue weighted by Crippen LogP contribution is -2.25. The van der Waals surface area contributed by atoms with Gasteiger partial charge in [-0.05, 0) is 18.2 Å². The Morgan fingerprint density at radius 1 is 1.36 bits per heavy atom. The zero-order valence-corrected chi connectivity index (χ0v) is 13.2. The van der Waals surface area contributed by atoms with E-state index in [1.54, 1.807) is 14.2 Å². The second-order valence-corrected chi connectivity index (χ2v) is 5.23. The third kappa shape index (κ3) is 3.77. The lowest BCUT2D eigenvalue weighted by atomic mass is 10.2. The number of amides is 1. The molecule has 0 aliphatic rings. The van der Waals surface area contributed by atoms with E-state index in [1.165, 1.54) is 11.3 Å². The molecule has 1 heterocycles. The number of nitrogens with one attached hydrogen (secondary N) is 1. The maximum Gasteiger partial charge on any atom is 0.226 e. The quantitative estimate of drug-likeness (QED) is 0.829. The Morgan fingerprint density at radius 2 is 2.14 bits per heavy atom. The molecule has 0 aliphatic carbocycles. The molecule has 0 fully saturated rings. The number of terminal acetylenes is 1. The number of benzene rings is 1. The second-order valence-electron chi connectivity index (χ2n) is 4.37.